The molecule has 3 rings (SSSR count). The van der Waals surface area contributed by atoms with Gasteiger partial charge in [0.05, 0.1) is 6.04 Å². The van der Waals surface area contributed by atoms with Crippen molar-refractivity contribution in [3.63, 3.8) is 0 Å². The molecule has 2 aliphatic heterocycles. The van der Waals surface area contributed by atoms with Gasteiger partial charge in [0.15, 0.2) is 5.96 Å². The lowest BCUT2D eigenvalue weighted by Crippen LogP contribution is -2.61. The third kappa shape index (κ3) is 13.0. The second kappa shape index (κ2) is 21.0. The van der Waals surface area contributed by atoms with Crippen molar-refractivity contribution in [1.29, 1.82) is 0 Å². The number of phenolic OH excluding ortho intramolecular Hbond substituents is 1. The van der Waals surface area contributed by atoms with E-state index >= 15 is 0 Å². The zero-order valence-corrected chi connectivity index (χ0v) is 32.3. The molecule has 2 aliphatic rings. The molecule has 0 unspecified atom stereocenters. The third-order valence-corrected chi connectivity index (χ3v) is 10.0. The van der Waals surface area contributed by atoms with Crippen LogP contribution >= 0.6 is 0 Å². The summed E-state index contributed by atoms with van der Waals surface area (Å²) in [5.74, 6) is -4.42. The maximum atomic E-state index is 14.5. The Kier molecular flexibility index (Phi) is 16.9. The van der Waals surface area contributed by atoms with Gasteiger partial charge in [-0.05, 0) is 68.1 Å². The molecule has 2 heterocycles. The van der Waals surface area contributed by atoms with E-state index in [9.17, 15) is 39.0 Å². The van der Waals surface area contributed by atoms with Crippen LogP contribution in [-0.4, -0.2) is 117 Å². The number of carbonyl (C=O) groups is 6. The first kappa shape index (κ1) is 44.2. The quantitative estimate of drug-likeness (QED) is 0.0429. The summed E-state index contributed by atoms with van der Waals surface area (Å²) in [6, 6.07) is -0.0933. The molecule has 0 spiro atoms. The molecule has 304 valence electrons. The molecule has 1 fully saturated rings. The van der Waals surface area contributed by atoms with E-state index in [0.717, 1.165) is 0 Å². The van der Waals surface area contributed by atoms with Crippen molar-refractivity contribution in [2.75, 3.05) is 19.6 Å². The van der Waals surface area contributed by atoms with Crippen LogP contribution in [0, 0.1) is 11.8 Å². The Morgan fingerprint density at radius 1 is 0.982 bits per heavy atom. The van der Waals surface area contributed by atoms with E-state index in [2.05, 4.69) is 20.9 Å². The fourth-order valence-electron chi connectivity index (χ4n) is 6.73. The SMILES string of the molecule is CC[C@H](C)[C@H](NC(=O)[C@H](Cc1ccc(O)cc1)N1C/C=C\C[C@H](NC(=O)[C@@H](N)CCCN=C(N)N)C(=O)N2CCC[C@H]2C1=O)C(=O)N[C@@H](CC(C)C)C(=O)O. The molecule has 5 amide bonds. The largest absolute Gasteiger partial charge is 0.508 e. The van der Waals surface area contributed by atoms with Crippen LogP contribution in [0.4, 0.5) is 0 Å². The van der Waals surface area contributed by atoms with E-state index in [1.807, 2.05) is 20.8 Å². The van der Waals surface area contributed by atoms with Crippen molar-refractivity contribution in [2.24, 2.45) is 34.0 Å². The molecule has 0 aromatic heterocycles. The molecular formula is C38H59N9O8. The highest BCUT2D eigenvalue weighted by molar-refractivity contribution is 5.97. The normalized spacial score (nSPS) is 20.7. The lowest BCUT2D eigenvalue weighted by molar-refractivity contribution is -0.149. The summed E-state index contributed by atoms with van der Waals surface area (Å²) in [5, 5.41) is 27.9. The van der Waals surface area contributed by atoms with Crippen LogP contribution in [0.25, 0.3) is 0 Å². The van der Waals surface area contributed by atoms with Crippen LogP contribution in [0.1, 0.15) is 78.2 Å². The van der Waals surface area contributed by atoms with E-state index in [1.165, 1.54) is 21.9 Å². The van der Waals surface area contributed by atoms with Gasteiger partial charge in [0.25, 0.3) is 0 Å². The highest BCUT2D eigenvalue weighted by Crippen LogP contribution is 2.25. The second-order valence-electron chi connectivity index (χ2n) is 14.8. The number of fused-ring (bicyclic) bond motifs is 1. The summed E-state index contributed by atoms with van der Waals surface area (Å²) in [7, 11) is 0. The lowest BCUT2D eigenvalue weighted by Gasteiger charge is -2.37. The number of amides is 5. The van der Waals surface area contributed by atoms with Crippen LogP contribution in [0.15, 0.2) is 41.4 Å². The number of nitrogens with two attached hydrogens (primary N) is 3. The van der Waals surface area contributed by atoms with Crippen LogP contribution in [0.5, 0.6) is 5.75 Å². The van der Waals surface area contributed by atoms with Crippen LogP contribution in [0.3, 0.4) is 0 Å². The number of nitrogens with zero attached hydrogens (tertiary/aromatic N) is 3. The van der Waals surface area contributed by atoms with Gasteiger partial charge in [0, 0.05) is 26.1 Å². The molecule has 1 aromatic rings. The van der Waals surface area contributed by atoms with Crippen molar-refractivity contribution in [2.45, 2.75) is 115 Å². The monoisotopic (exact) mass is 769 g/mol. The molecule has 1 aromatic carbocycles. The van der Waals surface area contributed by atoms with E-state index in [-0.39, 0.29) is 56.4 Å². The van der Waals surface area contributed by atoms with Gasteiger partial charge in [-0.2, -0.15) is 0 Å². The minimum atomic E-state index is -1.19. The molecule has 55 heavy (non-hydrogen) atoms. The van der Waals surface area contributed by atoms with Crippen molar-refractivity contribution in [3.05, 3.63) is 42.0 Å². The number of aliphatic carboxylic acids is 1. The number of carboxylic acid groups (broad SMARTS) is 1. The Labute approximate surface area is 322 Å². The fraction of sp³-hybridized carbons (Fsp3) is 0.605. The topological polar surface area (TPSA) is 276 Å². The standard InChI is InChI=1S/C38H59N9O8/c1-5-23(4)31(34(51)44-28(37(54)55)20-22(2)3)45-33(50)30(21-24-13-15-25(48)16-14-24)47-18-7-6-11-27(35(52)46-19-9-12-29(46)36(47)53)43-32(49)26(39)10-8-17-42-38(40)41/h6-7,13-16,22-23,26-31,48H,5,8-12,17-21,39H2,1-4H3,(H,43,49)(H,44,51)(H,45,50)(H,54,55)(H4,40,41,42)/b7-6-/t23-,26-,27-,28-,29-,30-,31-/m0/s1. The van der Waals surface area contributed by atoms with Crippen LogP contribution < -0.4 is 33.2 Å². The average molecular weight is 770 g/mol. The zero-order valence-electron chi connectivity index (χ0n) is 32.3. The fourth-order valence-corrected chi connectivity index (χ4v) is 6.73. The first-order valence-corrected chi connectivity index (χ1v) is 19.0. The number of guanidine groups is 1. The number of carboxylic acids is 1. The van der Waals surface area contributed by atoms with Crippen molar-refractivity contribution in [3.8, 4) is 5.75 Å². The van der Waals surface area contributed by atoms with Gasteiger partial charge in [-0.1, -0.05) is 58.4 Å². The van der Waals surface area contributed by atoms with E-state index in [0.29, 0.717) is 37.8 Å². The van der Waals surface area contributed by atoms with Crippen LogP contribution in [-0.2, 0) is 35.2 Å². The summed E-state index contributed by atoms with van der Waals surface area (Å²) in [5.41, 5.74) is 17.4. The number of aliphatic imine (C=N–C) groups is 1. The number of hydrogen-bond donors (Lipinski definition) is 8. The summed E-state index contributed by atoms with van der Waals surface area (Å²) in [6.45, 7) is 7.82. The summed E-state index contributed by atoms with van der Waals surface area (Å²) in [4.78, 5) is 88.3. The number of carbonyl (C=O) groups excluding carboxylic acids is 5. The molecule has 7 atom stereocenters. The van der Waals surface area contributed by atoms with Gasteiger partial charge in [-0.3, -0.25) is 29.0 Å². The Morgan fingerprint density at radius 3 is 2.29 bits per heavy atom. The molecule has 11 N–H and O–H groups in total. The minimum absolute atomic E-state index is 0.00601. The first-order chi connectivity index (χ1) is 26.0. The highest BCUT2D eigenvalue weighted by Gasteiger charge is 2.43. The summed E-state index contributed by atoms with van der Waals surface area (Å²) < 4.78 is 0. The van der Waals surface area contributed by atoms with Gasteiger partial charge < -0.3 is 53.2 Å². The molecule has 0 aliphatic carbocycles. The predicted molar refractivity (Wildman–Crippen MR) is 206 cm³/mol. The van der Waals surface area contributed by atoms with Crippen molar-refractivity contribution < 1.29 is 39.0 Å². The summed E-state index contributed by atoms with van der Waals surface area (Å²) >= 11 is 0. The summed E-state index contributed by atoms with van der Waals surface area (Å²) in [6.07, 6.45) is 5.67. The number of phenols is 1. The number of benzene rings is 1. The molecule has 17 heteroatoms. The van der Waals surface area contributed by atoms with Gasteiger partial charge in [-0.25, -0.2) is 4.79 Å². The van der Waals surface area contributed by atoms with E-state index < -0.39 is 77.7 Å². The Balaban J connectivity index is 1.93. The van der Waals surface area contributed by atoms with Crippen LogP contribution in [0.2, 0.25) is 0 Å². The number of nitrogens with one attached hydrogen (secondary N) is 3. The minimum Gasteiger partial charge on any atom is -0.508 e. The average Bonchev–Trinajstić information content (AvgIpc) is 3.63. The smallest absolute Gasteiger partial charge is 0.326 e. The number of rotatable bonds is 18. The third-order valence-electron chi connectivity index (χ3n) is 10.0. The van der Waals surface area contributed by atoms with Gasteiger partial charge in [-0.15, -0.1) is 0 Å². The van der Waals surface area contributed by atoms with E-state index in [4.69, 9.17) is 17.2 Å². The highest BCUT2D eigenvalue weighted by atomic mass is 16.4. The van der Waals surface area contributed by atoms with E-state index in [1.54, 1.807) is 31.2 Å². The maximum Gasteiger partial charge on any atom is 0.326 e. The Morgan fingerprint density at radius 2 is 1.67 bits per heavy atom. The first-order valence-electron chi connectivity index (χ1n) is 19.0. The molecule has 1 saturated heterocycles. The Hall–Kier alpha value is -5.19. The molecule has 0 saturated carbocycles. The molecule has 0 radical (unpaired) electrons. The molecule has 17 nitrogen and oxygen atoms in total. The number of aromatic hydroxyl groups is 1. The second-order valence-corrected chi connectivity index (χ2v) is 14.8. The van der Waals surface area contributed by atoms with Crippen molar-refractivity contribution >= 4 is 41.5 Å². The maximum absolute atomic E-state index is 14.5. The predicted octanol–water partition coefficient (Wildman–Crippen LogP) is 0.0949. The van der Waals surface area contributed by atoms with Gasteiger partial charge >= 0.3 is 5.97 Å². The zero-order chi connectivity index (χ0) is 40.8. The lowest BCUT2D eigenvalue weighted by atomic mass is 9.95. The Bertz CT molecular complexity index is 1560. The molecule has 0 bridgehead atoms. The van der Waals surface area contributed by atoms with Gasteiger partial charge in [0.2, 0.25) is 29.5 Å². The van der Waals surface area contributed by atoms with Crippen molar-refractivity contribution in [1.82, 2.24) is 25.8 Å². The molecular weight excluding hydrogens is 710 g/mol. The van der Waals surface area contributed by atoms with Gasteiger partial charge in [0.1, 0.15) is 36.0 Å². The number of hydrogen-bond acceptors (Lipinski definition) is 9.